The number of rotatable bonds is 2. The van der Waals surface area contributed by atoms with Gasteiger partial charge in [-0.25, -0.2) is 15.5 Å². The van der Waals surface area contributed by atoms with Crippen molar-refractivity contribution in [3.63, 3.8) is 0 Å². The number of nitrogens with one attached hydrogen (secondary N) is 1. The maximum absolute atomic E-state index is 4.98. The van der Waals surface area contributed by atoms with Crippen molar-refractivity contribution in [2.24, 2.45) is 4.99 Å². The van der Waals surface area contributed by atoms with E-state index in [1.807, 2.05) is 6.07 Å². The van der Waals surface area contributed by atoms with E-state index in [1.165, 1.54) is 0 Å². The Morgan fingerprint density at radius 3 is 3.23 bits per heavy atom. The lowest BCUT2D eigenvalue weighted by molar-refractivity contribution is 0.115. The number of hydrogen-bond donors (Lipinski definition) is 1. The topological polar surface area (TPSA) is 55.7 Å². The number of pyridine rings is 1. The van der Waals surface area contributed by atoms with Crippen LogP contribution in [-0.2, 0) is 4.84 Å². The molecular weight excluding hydrogens is 170 g/mol. The fourth-order valence-electron chi connectivity index (χ4n) is 1.05. The predicted molar refractivity (Wildman–Crippen MR) is 46.4 cm³/mol. The Labute approximate surface area is 75.4 Å². The lowest BCUT2D eigenvalue weighted by Gasteiger charge is -2.02. The van der Waals surface area contributed by atoms with E-state index in [9.17, 15) is 0 Å². The predicted octanol–water partition coefficient (Wildman–Crippen LogP) is 0.329. The Bertz CT molecular complexity index is 338. The number of methoxy groups -OCH3 is 1. The van der Waals surface area contributed by atoms with Gasteiger partial charge in [-0.2, -0.15) is 0 Å². The van der Waals surface area contributed by atoms with E-state index in [2.05, 4.69) is 15.5 Å². The third-order valence-electron chi connectivity index (χ3n) is 1.67. The molecule has 2 rings (SSSR count). The molecule has 0 spiro atoms. The van der Waals surface area contributed by atoms with Crippen LogP contribution in [0.5, 0.6) is 5.88 Å². The van der Waals surface area contributed by atoms with Gasteiger partial charge in [0.05, 0.1) is 7.11 Å². The highest BCUT2D eigenvalue weighted by molar-refractivity contribution is 5.98. The molecule has 0 unspecified atom stereocenters. The summed E-state index contributed by atoms with van der Waals surface area (Å²) in [5, 5.41) is 0. The molecule has 5 heteroatoms. The third-order valence-corrected chi connectivity index (χ3v) is 1.67. The van der Waals surface area contributed by atoms with Crippen LogP contribution < -0.4 is 10.2 Å². The molecule has 2 heterocycles. The van der Waals surface area contributed by atoms with Crippen LogP contribution in [0, 0.1) is 0 Å². The molecule has 0 atom stereocenters. The molecule has 0 amide bonds. The van der Waals surface area contributed by atoms with Crippen LogP contribution in [0.1, 0.15) is 5.56 Å². The van der Waals surface area contributed by atoms with E-state index in [0.29, 0.717) is 18.4 Å². The van der Waals surface area contributed by atoms with Gasteiger partial charge in [0.25, 0.3) is 0 Å². The van der Waals surface area contributed by atoms with Crippen LogP contribution >= 0.6 is 0 Å². The van der Waals surface area contributed by atoms with Gasteiger partial charge in [0.1, 0.15) is 0 Å². The highest BCUT2D eigenvalue weighted by atomic mass is 16.7. The van der Waals surface area contributed by atoms with Crippen molar-refractivity contribution in [1.29, 1.82) is 0 Å². The molecule has 0 saturated carbocycles. The second-order valence-corrected chi connectivity index (χ2v) is 2.47. The maximum atomic E-state index is 4.98. The molecule has 1 aliphatic rings. The van der Waals surface area contributed by atoms with Gasteiger partial charge < -0.3 is 4.74 Å². The standard InChI is InChI=1S/C8H9N3O2/c1-12-7-4-6(2-3-9-7)8-10-5-13-11-8/h2-4H,5H2,1H3,(H,10,11). The normalized spacial score (nSPS) is 15.0. The molecule has 1 aromatic heterocycles. The summed E-state index contributed by atoms with van der Waals surface area (Å²) >= 11 is 0. The number of amidine groups is 1. The van der Waals surface area contributed by atoms with E-state index in [1.54, 1.807) is 19.4 Å². The minimum atomic E-state index is 0.347. The number of nitrogens with zero attached hydrogens (tertiary/aromatic N) is 2. The molecule has 1 aliphatic heterocycles. The average Bonchev–Trinajstić information content (AvgIpc) is 2.71. The molecule has 0 saturated heterocycles. The monoisotopic (exact) mass is 179 g/mol. The first kappa shape index (κ1) is 8.00. The van der Waals surface area contributed by atoms with Crippen LogP contribution in [0.4, 0.5) is 0 Å². The number of aliphatic imine (C=N–C) groups is 1. The van der Waals surface area contributed by atoms with Crippen LogP contribution in [0.25, 0.3) is 0 Å². The molecule has 1 N–H and O–H groups in total. The Morgan fingerprint density at radius 2 is 2.54 bits per heavy atom. The van der Waals surface area contributed by atoms with Crippen molar-refractivity contribution in [3.05, 3.63) is 23.9 Å². The van der Waals surface area contributed by atoms with Crippen LogP contribution in [0.2, 0.25) is 0 Å². The summed E-state index contributed by atoms with van der Waals surface area (Å²) in [6.45, 7) is 0.347. The van der Waals surface area contributed by atoms with Crippen LogP contribution in [0.15, 0.2) is 23.3 Å². The van der Waals surface area contributed by atoms with Crippen LogP contribution in [0.3, 0.4) is 0 Å². The van der Waals surface area contributed by atoms with Crippen molar-refractivity contribution >= 4 is 5.84 Å². The molecule has 0 aromatic carbocycles. The summed E-state index contributed by atoms with van der Waals surface area (Å²) in [5.41, 5.74) is 3.60. The van der Waals surface area contributed by atoms with Crippen molar-refractivity contribution in [2.75, 3.05) is 13.8 Å². The summed E-state index contributed by atoms with van der Waals surface area (Å²) in [5.74, 6) is 1.27. The van der Waals surface area contributed by atoms with Gasteiger partial charge in [-0.05, 0) is 6.07 Å². The minimum absolute atomic E-state index is 0.347. The molecule has 1 aromatic rings. The third kappa shape index (κ3) is 1.59. The van der Waals surface area contributed by atoms with Gasteiger partial charge in [0, 0.05) is 17.8 Å². The van der Waals surface area contributed by atoms with Gasteiger partial charge in [-0.3, -0.25) is 4.84 Å². The van der Waals surface area contributed by atoms with Crippen molar-refractivity contribution in [3.8, 4) is 5.88 Å². The van der Waals surface area contributed by atoms with Gasteiger partial charge in [0.15, 0.2) is 12.6 Å². The Hall–Kier alpha value is -1.62. The first-order valence-electron chi connectivity index (χ1n) is 3.83. The molecule has 5 nitrogen and oxygen atoms in total. The molecule has 0 bridgehead atoms. The van der Waals surface area contributed by atoms with Crippen LogP contribution in [-0.4, -0.2) is 24.7 Å². The minimum Gasteiger partial charge on any atom is -0.481 e. The van der Waals surface area contributed by atoms with Gasteiger partial charge >= 0.3 is 0 Å². The summed E-state index contributed by atoms with van der Waals surface area (Å²) in [6, 6.07) is 3.63. The zero-order valence-corrected chi connectivity index (χ0v) is 7.15. The van der Waals surface area contributed by atoms with Gasteiger partial charge in [-0.1, -0.05) is 0 Å². The molecule has 0 radical (unpaired) electrons. The number of ether oxygens (including phenoxy) is 1. The van der Waals surface area contributed by atoms with E-state index in [0.717, 1.165) is 5.56 Å². The summed E-state index contributed by atoms with van der Waals surface area (Å²) in [4.78, 5) is 12.9. The molecule has 0 fully saturated rings. The zero-order chi connectivity index (χ0) is 9.10. The lowest BCUT2D eigenvalue weighted by atomic mass is 10.2. The molecular formula is C8H9N3O2. The highest BCUT2D eigenvalue weighted by Gasteiger charge is 2.09. The van der Waals surface area contributed by atoms with E-state index < -0.39 is 0 Å². The van der Waals surface area contributed by atoms with E-state index in [4.69, 9.17) is 9.57 Å². The summed E-state index contributed by atoms with van der Waals surface area (Å²) in [6.07, 6.45) is 1.66. The van der Waals surface area contributed by atoms with Gasteiger partial charge in [0.2, 0.25) is 5.88 Å². The fourth-order valence-corrected chi connectivity index (χ4v) is 1.05. The maximum Gasteiger partial charge on any atom is 0.213 e. The SMILES string of the molecule is COc1cc(C2=NCON2)ccn1. The second-order valence-electron chi connectivity index (χ2n) is 2.47. The van der Waals surface area contributed by atoms with Crippen molar-refractivity contribution < 1.29 is 9.57 Å². The number of aromatic nitrogens is 1. The first-order valence-corrected chi connectivity index (χ1v) is 3.83. The number of hydroxylamine groups is 1. The van der Waals surface area contributed by atoms with Crippen molar-refractivity contribution in [2.45, 2.75) is 0 Å². The fraction of sp³-hybridized carbons (Fsp3) is 0.250. The summed E-state index contributed by atoms with van der Waals surface area (Å²) in [7, 11) is 1.58. The number of hydrogen-bond acceptors (Lipinski definition) is 5. The Balaban J connectivity index is 2.29. The van der Waals surface area contributed by atoms with Crippen molar-refractivity contribution in [1.82, 2.24) is 10.5 Å². The Kier molecular flexibility index (Phi) is 2.09. The first-order chi connectivity index (χ1) is 6.40. The highest BCUT2D eigenvalue weighted by Crippen LogP contribution is 2.10. The lowest BCUT2D eigenvalue weighted by Crippen LogP contribution is -2.17. The second kappa shape index (κ2) is 3.40. The molecule has 68 valence electrons. The summed E-state index contributed by atoms with van der Waals surface area (Å²) < 4.78 is 4.98. The zero-order valence-electron chi connectivity index (χ0n) is 7.15. The van der Waals surface area contributed by atoms with E-state index >= 15 is 0 Å². The molecule has 0 aliphatic carbocycles. The smallest absolute Gasteiger partial charge is 0.213 e. The van der Waals surface area contributed by atoms with Gasteiger partial charge in [-0.15, -0.1) is 0 Å². The molecule has 13 heavy (non-hydrogen) atoms. The largest absolute Gasteiger partial charge is 0.481 e. The quantitative estimate of drug-likeness (QED) is 0.710. The van der Waals surface area contributed by atoms with E-state index in [-0.39, 0.29) is 0 Å². The Morgan fingerprint density at radius 1 is 1.62 bits per heavy atom. The average molecular weight is 179 g/mol.